The lowest BCUT2D eigenvalue weighted by Gasteiger charge is -2.24. The molecule has 0 fully saturated rings. The van der Waals surface area contributed by atoms with Crippen molar-refractivity contribution in [1.29, 1.82) is 0 Å². The number of aliphatic hydroxyl groups excluding tert-OH is 2. The van der Waals surface area contributed by atoms with Crippen molar-refractivity contribution >= 4 is 35.5 Å². The molecule has 0 saturated heterocycles. The molecule has 1 aromatic carbocycles. The Labute approximate surface area is 190 Å². The number of hydrogen-bond donors (Lipinski definition) is 7. The van der Waals surface area contributed by atoms with Gasteiger partial charge in [-0.1, -0.05) is 30.3 Å². The van der Waals surface area contributed by atoms with Gasteiger partial charge in [-0.2, -0.15) is 11.8 Å². The normalized spacial score (nSPS) is 14.5. The molecule has 4 unspecified atom stereocenters. The summed E-state index contributed by atoms with van der Waals surface area (Å²) < 4.78 is 0. The predicted molar refractivity (Wildman–Crippen MR) is 119 cm³/mol. The summed E-state index contributed by atoms with van der Waals surface area (Å²) in [6.45, 7) is -1.68. The first-order valence-corrected chi connectivity index (χ1v) is 11.3. The van der Waals surface area contributed by atoms with Crippen LogP contribution in [-0.4, -0.2) is 88.4 Å². The number of carbonyl (C=O) groups excluding carboxylic acids is 3. The molecule has 0 aliphatic rings. The highest BCUT2D eigenvalue weighted by Gasteiger charge is 2.29. The Kier molecular flexibility index (Phi) is 12.3. The fourth-order valence-corrected chi connectivity index (χ4v) is 3.14. The average molecular weight is 471 g/mol. The largest absolute Gasteiger partial charge is 0.480 e. The van der Waals surface area contributed by atoms with Gasteiger partial charge in [-0.3, -0.25) is 14.4 Å². The standard InChI is InChI=1S/C20H30N4O7S/c1-32-8-7-14(22-17(27)13(21)9-12-5-3-2-4-6-12)18(28)23-15(10-25)19(29)24-16(11-26)20(30)31/h2-6,13-16,25-26H,7-11,21H2,1H3,(H,22,27)(H,23,28)(H,24,29)(H,30,31). The maximum Gasteiger partial charge on any atom is 0.328 e. The minimum absolute atomic E-state index is 0.241. The molecule has 32 heavy (non-hydrogen) atoms. The fraction of sp³-hybridized carbons (Fsp3) is 0.500. The van der Waals surface area contributed by atoms with Crippen molar-refractivity contribution in [3.63, 3.8) is 0 Å². The van der Waals surface area contributed by atoms with Crippen LogP contribution in [0.25, 0.3) is 0 Å². The van der Waals surface area contributed by atoms with Gasteiger partial charge in [0.05, 0.1) is 19.3 Å². The third-order valence-electron chi connectivity index (χ3n) is 4.49. The number of benzene rings is 1. The Balaban J connectivity index is 2.79. The van der Waals surface area contributed by atoms with E-state index in [1.54, 1.807) is 0 Å². The SMILES string of the molecule is CSCCC(NC(=O)C(N)Cc1ccccc1)C(=O)NC(CO)C(=O)NC(CO)C(=O)O. The van der Waals surface area contributed by atoms with Gasteiger partial charge in [0.15, 0.2) is 0 Å². The maximum absolute atomic E-state index is 12.7. The second-order valence-electron chi connectivity index (χ2n) is 6.96. The van der Waals surface area contributed by atoms with Crippen molar-refractivity contribution < 1.29 is 34.5 Å². The van der Waals surface area contributed by atoms with Crippen LogP contribution in [0, 0.1) is 0 Å². The Morgan fingerprint density at radius 2 is 1.44 bits per heavy atom. The van der Waals surface area contributed by atoms with Crippen LogP contribution in [0.15, 0.2) is 30.3 Å². The third kappa shape index (κ3) is 9.22. The molecule has 0 spiro atoms. The Hall–Kier alpha value is -2.67. The number of carboxylic acids is 1. The number of hydrogen-bond acceptors (Lipinski definition) is 8. The summed E-state index contributed by atoms with van der Waals surface area (Å²) in [5, 5.41) is 34.3. The van der Waals surface area contributed by atoms with E-state index >= 15 is 0 Å². The summed E-state index contributed by atoms with van der Waals surface area (Å²) in [5.41, 5.74) is 6.82. The molecule has 11 nitrogen and oxygen atoms in total. The number of aliphatic carboxylic acids is 1. The number of nitrogens with one attached hydrogen (secondary N) is 3. The molecular formula is C20H30N4O7S. The van der Waals surface area contributed by atoms with E-state index in [4.69, 9.17) is 15.9 Å². The number of aliphatic hydroxyl groups is 2. The first kappa shape index (κ1) is 27.4. The van der Waals surface area contributed by atoms with Crippen LogP contribution in [0.5, 0.6) is 0 Å². The van der Waals surface area contributed by atoms with Crippen molar-refractivity contribution in [1.82, 2.24) is 16.0 Å². The van der Waals surface area contributed by atoms with Crippen LogP contribution in [-0.2, 0) is 25.6 Å². The molecule has 1 aromatic rings. The van der Waals surface area contributed by atoms with Crippen LogP contribution >= 0.6 is 11.8 Å². The maximum atomic E-state index is 12.7. The zero-order valence-corrected chi connectivity index (χ0v) is 18.5. The van der Waals surface area contributed by atoms with E-state index in [0.29, 0.717) is 5.75 Å². The summed E-state index contributed by atoms with van der Waals surface area (Å²) in [5.74, 6) is -3.22. The van der Waals surface area contributed by atoms with Crippen molar-refractivity contribution in [2.75, 3.05) is 25.2 Å². The van der Waals surface area contributed by atoms with E-state index in [9.17, 15) is 24.3 Å². The summed E-state index contributed by atoms with van der Waals surface area (Å²) in [4.78, 5) is 48.4. The monoisotopic (exact) mass is 470 g/mol. The molecule has 0 aromatic heterocycles. The minimum Gasteiger partial charge on any atom is -0.480 e. The van der Waals surface area contributed by atoms with Crippen LogP contribution in [0.2, 0.25) is 0 Å². The quantitative estimate of drug-likeness (QED) is 0.159. The van der Waals surface area contributed by atoms with Crippen LogP contribution in [0.1, 0.15) is 12.0 Å². The Morgan fingerprint density at radius 3 is 1.97 bits per heavy atom. The molecule has 8 N–H and O–H groups in total. The lowest BCUT2D eigenvalue weighted by atomic mass is 10.1. The van der Waals surface area contributed by atoms with E-state index in [-0.39, 0.29) is 12.8 Å². The number of carbonyl (C=O) groups is 4. The van der Waals surface area contributed by atoms with E-state index in [1.165, 1.54) is 11.8 Å². The second-order valence-corrected chi connectivity index (χ2v) is 7.95. The van der Waals surface area contributed by atoms with Gasteiger partial charge in [0.1, 0.15) is 18.1 Å². The summed E-state index contributed by atoms with van der Waals surface area (Å²) in [7, 11) is 0. The van der Waals surface area contributed by atoms with Crippen molar-refractivity contribution in [2.24, 2.45) is 5.73 Å². The molecule has 12 heteroatoms. The number of carboxylic acid groups (broad SMARTS) is 1. The van der Waals surface area contributed by atoms with E-state index in [1.807, 2.05) is 41.9 Å². The topological polar surface area (TPSA) is 191 Å². The summed E-state index contributed by atoms with van der Waals surface area (Å²) in [6, 6.07) is 4.15. The number of thioether (sulfide) groups is 1. The van der Waals surface area contributed by atoms with E-state index in [2.05, 4.69) is 10.6 Å². The number of amides is 3. The average Bonchev–Trinajstić information content (AvgIpc) is 2.78. The molecule has 3 amide bonds. The van der Waals surface area contributed by atoms with Crippen molar-refractivity contribution in [3.05, 3.63) is 35.9 Å². The van der Waals surface area contributed by atoms with Gasteiger partial charge in [0.2, 0.25) is 17.7 Å². The van der Waals surface area contributed by atoms with Gasteiger partial charge < -0.3 is 37.0 Å². The fourth-order valence-electron chi connectivity index (χ4n) is 2.67. The number of nitrogens with two attached hydrogens (primary N) is 1. The number of rotatable bonds is 14. The summed E-state index contributed by atoms with van der Waals surface area (Å²) in [6.07, 6.45) is 2.33. The van der Waals surface area contributed by atoms with Crippen molar-refractivity contribution in [2.45, 2.75) is 37.0 Å². The van der Waals surface area contributed by atoms with Crippen molar-refractivity contribution in [3.8, 4) is 0 Å². The van der Waals surface area contributed by atoms with E-state index < -0.39 is 61.1 Å². The van der Waals surface area contributed by atoms with Crippen LogP contribution < -0.4 is 21.7 Å². The molecule has 0 bridgehead atoms. The van der Waals surface area contributed by atoms with Gasteiger partial charge in [-0.15, -0.1) is 0 Å². The highest BCUT2D eigenvalue weighted by molar-refractivity contribution is 7.98. The highest BCUT2D eigenvalue weighted by Crippen LogP contribution is 2.05. The molecule has 0 aliphatic carbocycles. The molecule has 178 valence electrons. The van der Waals surface area contributed by atoms with E-state index in [0.717, 1.165) is 5.56 Å². The molecule has 0 aliphatic heterocycles. The van der Waals surface area contributed by atoms with Gasteiger partial charge in [-0.25, -0.2) is 4.79 Å². The molecule has 0 heterocycles. The van der Waals surface area contributed by atoms with Gasteiger partial charge in [-0.05, 0) is 30.4 Å². The molecule has 1 rings (SSSR count). The summed E-state index contributed by atoms with van der Waals surface area (Å²) >= 11 is 1.45. The molecular weight excluding hydrogens is 440 g/mol. The highest BCUT2D eigenvalue weighted by atomic mass is 32.2. The van der Waals surface area contributed by atoms with Crippen LogP contribution in [0.3, 0.4) is 0 Å². The second kappa shape index (κ2) is 14.4. The zero-order valence-electron chi connectivity index (χ0n) is 17.7. The lowest BCUT2D eigenvalue weighted by Crippen LogP contribution is -2.58. The smallest absolute Gasteiger partial charge is 0.328 e. The minimum atomic E-state index is -1.59. The Bertz CT molecular complexity index is 766. The van der Waals surface area contributed by atoms with Gasteiger partial charge >= 0.3 is 5.97 Å². The first-order valence-electron chi connectivity index (χ1n) is 9.87. The molecule has 4 atom stereocenters. The molecule has 0 saturated carbocycles. The Morgan fingerprint density at radius 1 is 0.906 bits per heavy atom. The first-order chi connectivity index (χ1) is 15.2. The zero-order chi connectivity index (χ0) is 24.1. The lowest BCUT2D eigenvalue weighted by molar-refractivity contribution is -0.143. The van der Waals surface area contributed by atoms with Gasteiger partial charge in [0, 0.05) is 0 Å². The molecule has 0 radical (unpaired) electrons. The van der Waals surface area contributed by atoms with Gasteiger partial charge in [0.25, 0.3) is 0 Å². The predicted octanol–water partition coefficient (Wildman–Crippen LogP) is -2.17. The third-order valence-corrected chi connectivity index (χ3v) is 5.14. The van der Waals surface area contributed by atoms with Crippen LogP contribution in [0.4, 0.5) is 0 Å².